The summed E-state index contributed by atoms with van der Waals surface area (Å²) in [7, 11) is 1.65. The smallest absolute Gasteiger partial charge is 0.266 e. The van der Waals surface area contributed by atoms with E-state index in [0.29, 0.717) is 20.8 Å². The Hall–Kier alpha value is -2.06. The van der Waals surface area contributed by atoms with Crippen molar-refractivity contribution in [2.24, 2.45) is 4.99 Å². The number of benzene rings is 1. The van der Waals surface area contributed by atoms with E-state index in [4.69, 9.17) is 0 Å². The number of amides is 1. The molecule has 0 spiro atoms. The molecule has 0 bridgehead atoms. The Kier molecular flexibility index (Phi) is 4.04. The maximum Gasteiger partial charge on any atom is 0.266 e. The van der Waals surface area contributed by atoms with E-state index in [2.05, 4.69) is 15.2 Å². The van der Waals surface area contributed by atoms with Gasteiger partial charge in [-0.25, -0.2) is 4.39 Å². The zero-order valence-corrected chi connectivity index (χ0v) is 13.4. The monoisotopic (exact) mass is 334 g/mol. The average Bonchev–Trinajstić information content (AvgIpc) is 2.99. The summed E-state index contributed by atoms with van der Waals surface area (Å²) in [4.78, 5) is 18.5. The highest BCUT2D eigenvalue weighted by Gasteiger charge is 2.30. The van der Waals surface area contributed by atoms with E-state index < -0.39 is 0 Å². The van der Waals surface area contributed by atoms with Gasteiger partial charge in [0.05, 0.1) is 4.91 Å². The normalized spacial score (nSPS) is 18.7. The van der Waals surface area contributed by atoms with Gasteiger partial charge in [-0.2, -0.15) is 4.99 Å². The number of aryl methyl sites for hydroxylation is 1. The van der Waals surface area contributed by atoms with E-state index in [9.17, 15) is 9.18 Å². The summed E-state index contributed by atoms with van der Waals surface area (Å²) in [6.07, 6.45) is 1.65. The van der Waals surface area contributed by atoms with Crippen LogP contribution in [0, 0.1) is 12.7 Å². The fourth-order valence-electron chi connectivity index (χ4n) is 1.81. The van der Waals surface area contributed by atoms with Crippen LogP contribution in [0.5, 0.6) is 0 Å². The number of nitrogens with zero attached hydrogens (tertiary/aromatic N) is 4. The molecule has 1 aromatic carbocycles. The Balaban J connectivity index is 1.90. The van der Waals surface area contributed by atoms with Gasteiger partial charge in [0.25, 0.3) is 5.91 Å². The van der Waals surface area contributed by atoms with Gasteiger partial charge in [0.15, 0.2) is 5.17 Å². The van der Waals surface area contributed by atoms with Gasteiger partial charge in [-0.3, -0.25) is 9.69 Å². The molecule has 0 saturated carbocycles. The molecular formula is C14H11FN4OS2. The summed E-state index contributed by atoms with van der Waals surface area (Å²) in [5, 5.41) is 9.66. The standard InChI is InChI=1S/C14H11FN4OS2/c1-8-17-18-13(21-8)16-14-19(2)12(20)11(22-14)7-9-4-3-5-10(15)6-9/h3-7H,1-2H3/b11-7-,16-14+. The third kappa shape index (κ3) is 3.07. The van der Waals surface area contributed by atoms with Crippen LogP contribution in [-0.2, 0) is 4.79 Å². The molecule has 0 radical (unpaired) electrons. The third-order valence-corrected chi connectivity index (χ3v) is 4.65. The number of amidine groups is 1. The molecule has 2 heterocycles. The number of hydrogen-bond acceptors (Lipinski definition) is 6. The average molecular weight is 334 g/mol. The van der Waals surface area contributed by atoms with Crippen molar-refractivity contribution in [3.05, 3.63) is 45.6 Å². The Morgan fingerprint density at radius 1 is 1.36 bits per heavy atom. The fraction of sp³-hybridized carbons (Fsp3) is 0.143. The summed E-state index contributed by atoms with van der Waals surface area (Å²) >= 11 is 2.59. The van der Waals surface area contributed by atoms with Crippen molar-refractivity contribution in [3.63, 3.8) is 0 Å². The zero-order chi connectivity index (χ0) is 15.7. The molecule has 1 aliphatic rings. The molecule has 1 fully saturated rings. The van der Waals surface area contributed by atoms with Crippen LogP contribution in [0.2, 0.25) is 0 Å². The second-order valence-electron chi connectivity index (χ2n) is 4.53. The molecule has 1 amide bonds. The first-order valence-corrected chi connectivity index (χ1v) is 7.98. The Morgan fingerprint density at radius 2 is 2.18 bits per heavy atom. The number of carbonyl (C=O) groups excluding carboxylic acids is 1. The van der Waals surface area contributed by atoms with Crippen LogP contribution in [0.25, 0.3) is 6.08 Å². The van der Waals surface area contributed by atoms with Gasteiger partial charge in [0.2, 0.25) is 5.13 Å². The summed E-state index contributed by atoms with van der Waals surface area (Å²) in [5.41, 5.74) is 0.636. The number of aliphatic imine (C=N–C) groups is 1. The van der Waals surface area contributed by atoms with E-state index in [-0.39, 0.29) is 11.7 Å². The second kappa shape index (κ2) is 5.98. The maximum absolute atomic E-state index is 13.2. The maximum atomic E-state index is 13.2. The van der Waals surface area contributed by atoms with Crippen LogP contribution >= 0.6 is 23.1 Å². The Morgan fingerprint density at radius 3 is 2.86 bits per heavy atom. The lowest BCUT2D eigenvalue weighted by molar-refractivity contribution is -0.121. The topological polar surface area (TPSA) is 58.5 Å². The predicted molar refractivity (Wildman–Crippen MR) is 86.5 cm³/mol. The largest absolute Gasteiger partial charge is 0.289 e. The van der Waals surface area contributed by atoms with Crippen LogP contribution < -0.4 is 0 Å². The molecule has 5 nitrogen and oxygen atoms in total. The molecule has 0 aliphatic carbocycles. The minimum atomic E-state index is -0.337. The number of thioether (sulfide) groups is 1. The van der Waals surface area contributed by atoms with Crippen molar-refractivity contribution in [3.8, 4) is 0 Å². The molecule has 0 N–H and O–H groups in total. The SMILES string of the molecule is Cc1nnc(/N=C2/S/C(=C\c3cccc(F)c3)C(=O)N2C)s1. The second-order valence-corrected chi connectivity index (χ2v) is 6.70. The predicted octanol–water partition coefficient (Wildman–Crippen LogP) is 3.22. The lowest BCUT2D eigenvalue weighted by Gasteiger charge is -2.05. The van der Waals surface area contributed by atoms with Crippen LogP contribution in [0.3, 0.4) is 0 Å². The van der Waals surface area contributed by atoms with Gasteiger partial charge in [-0.15, -0.1) is 10.2 Å². The van der Waals surface area contributed by atoms with Gasteiger partial charge in [0.1, 0.15) is 10.8 Å². The number of hydrogen-bond donors (Lipinski definition) is 0. The first-order valence-electron chi connectivity index (χ1n) is 6.35. The molecule has 112 valence electrons. The van der Waals surface area contributed by atoms with Crippen molar-refractivity contribution in [2.75, 3.05) is 7.05 Å². The van der Waals surface area contributed by atoms with E-state index >= 15 is 0 Å². The van der Waals surface area contributed by atoms with Gasteiger partial charge in [-0.1, -0.05) is 23.5 Å². The van der Waals surface area contributed by atoms with Crippen LogP contribution in [-0.4, -0.2) is 33.2 Å². The van der Waals surface area contributed by atoms with Crippen LogP contribution in [0.1, 0.15) is 10.6 Å². The summed E-state index contributed by atoms with van der Waals surface area (Å²) in [6, 6.07) is 6.09. The van der Waals surface area contributed by atoms with Crippen LogP contribution in [0.15, 0.2) is 34.2 Å². The van der Waals surface area contributed by atoms with Crippen molar-refractivity contribution < 1.29 is 9.18 Å². The van der Waals surface area contributed by atoms with E-state index in [1.54, 1.807) is 25.3 Å². The van der Waals surface area contributed by atoms with Crippen LogP contribution in [0.4, 0.5) is 9.52 Å². The summed E-state index contributed by atoms with van der Waals surface area (Å²) < 4.78 is 13.2. The van der Waals surface area contributed by atoms with Gasteiger partial charge < -0.3 is 0 Å². The molecule has 1 saturated heterocycles. The van der Waals surface area contributed by atoms with E-state index in [1.165, 1.54) is 40.1 Å². The highest BCUT2D eigenvalue weighted by molar-refractivity contribution is 8.18. The van der Waals surface area contributed by atoms with Gasteiger partial charge in [-0.05, 0) is 42.5 Å². The molecule has 8 heteroatoms. The quantitative estimate of drug-likeness (QED) is 0.791. The summed E-state index contributed by atoms with van der Waals surface area (Å²) in [5.74, 6) is -0.509. The van der Waals surface area contributed by atoms with Gasteiger partial charge in [0, 0.05) is 7.05 Å². The minimum Gasteiger partial charge on any atom is -0.289 e. The van der Waals surface area contributed by atoms with Gasteiger partial charge >= 0.3 is 0 Å². The molecule has 22 heavy (non-hydrogen) atoms. The summed E-state index contributed by atoms with van der Waals surface area (Å²) in [6.45, 7) is 1.84. The molecule has 2 aromatic rings. The lowest BCUT2D eigenvalue weighted by Crippen LogP contribution is -2.23. The van der Waals surface area contributed by atoms with E-state index in [0.717, 1.165) is 5.01 Å². The third-order valence-electron chi connectivity index (χ3n) is 2.86. The first kappa shape index (κ1) is 14.9. The molecular weight excluding hydrogens is 323 g/mol. The van der Waals surface area contributed by atoms with Crippen molar-refractivity contribution in [1.29, 1.82) is 0 Å². The lowest BCUT2D eigenvalue weighted by atomic mass is 10.2. The van der Waals surface area contributed by atoms with Crippen molar-refractivity contribution in [2.45, 2.75) is 6.92 Å². The highest BCUT2D eigenvalue weighted by atomic mass is 32.2. The molecule has 0 unspecified atom stereocenters. The molecule has 1 aromatic heterocycles. The molecule has 0 atom stereocenters. The number of carbonyl (C=O) groups is 1. The number of rotatable bonds is 2. The Labute approximate surface area is 134 Å². The van der Waals surface area contributed by atoms with E-state index in [1.807, 2.05) is 6.92 Å². The van der Waals surface area contributed by atoms with Crippen molar-refractivity contribution >= 4 is 45.4 Å². The minimum absolute atomic E-state index is 0.172. The number of aromatic nitrogens is 2. The number of halogens is 1. The molecule has 1 aliphatic heterocycles. The Bertz CT molecular complexity index is 800. The fourth-order valence-corrected chi connectivity index (χ4v) is 3.40. The first-order chi connectivity index (χ1) is 10.5. The highest BCUT2D eigenvalue weighted by Crippen LogP contribution is 2.33. The zero-order valence-electron chi connectivity index (χ0n) is 11.8. The molecule has 3 rings (SSSR count). The number of likely N-dealkylation sites (N-methyl/N-ethyl adjacent to an activating group) is 1. The van der Waals surface area contributed by atoms with Crippen molar-refractivity contribution in [1.82, 2.24) is 15.1 Å².